The Kier molecular flexibility index (Phi) is 10.3. The average molecular weight is 675 g/mol. The summed E-state index contributed by atoms with van der Waals surface area (Å²) in [5.41, 5.74) is 7.04. The fraction of sp³-hybridized carbons (Fsp3) is 0.472. The molecule has 2 amide bonds. The van der Waals surface area contributed by atoms with Crippen molar-refractivity contribution in [1.29, 1.82) is 0 Å². The van der Waals surface area contributed by atoms with E-state index in [1.165, 1.54) is 0 Å². The van der Waals surface area contributed by atoms with Crippen molar-refractivity contribution in [3.63, 3.8) is 0 Å². The summed E-state index contributed by atoms with van der Waals surface area (Å²) in [6.45, 7) is 7.33. The zero-order chi connectivity index (χ0) is 35.6. The van der Waals surface area contributed by atoms with Gasteiger partial charge in [0.05, 0.1) is 41.5 Å². The molecule has 0 fully saturated rings. The van der Waals surface area contributed by atoms with Crippen molar-refractivity contribution in [2.24, 2.45) is 11.7 Å². The van der Waals surface area contributed by atoms with Gasteiger partial charge < -0.3 is 30.2 Å². The fourth-order valence-corrected chi connectivity index (χ4v) is 6.68. The number of nitrogens with zero attached hydrogens (tertiary/aromatic N) is 2. The summed E-state index contributed by atoms with van der Waals surface area (Å²) in [5.74, 6) is -2.50. The zero-order valence-electron chi connectivity index (χ0n) is 28.2. The minimum Gasteiger partial charge on any atom is -0.458 e. The second-order valence-corrected chi connectivity index (χ2v) is 12.9. The van der Waals surface area contributed by atoms with E-state index in [1.54, 1.807) is 35.8 Å². The number of esters is 2. The normalized spacial score (nSPS) is 17.4. The van der Waals surface area contributed by atoms with Gasteiger partial charge in [0.25, 0.3) is 5.56 Å². The van der Waals surface area contributed by atoms with Crippen LogP contribution in [0.3, 0.4) is 0 Å². The van der Waals surface area contributed by atoms with Crippen molar-refractivity contribution in [2.45, 2.75) is 104 Å². The number of aryl methyl sites for hydroxylation is 1. The van der Waals surface area contributed by atoms with Gasteiger partial charge in [-0.25, -0.2) is 9.78 Å². The van der Waals surface area contributed by atoms with Gasteiger partial charge >= 0.3 is 11.9 Å². The van der Waals surface area contributed by atoms with Gasteiger partial charge in [0.2, 0.25) is 11.8 Å². The summed E-state index contributed by atoms with van der Waals surface area (Å²) in [4.78, 5) is 80.2. The number of aliphatic hydroxyl groups is 1. The van der Waals surface area contributed by atoms with Gasteiger partial charge in [-0.1, -0.05) is 27.7 Å². The van der Waals surface area contributed by atoms with E-state index in [9.17, 15) is 33.9 Å². The van der Waals surface area contributed by atoms with E-state index in [2.05, 4.69) is 5.32 Å². The zero-order valence-corrected chi connectivity index (χ0v) is 28.2. The van der Waals surface area contributed by atoms with E-state index < -0.39 is 29.5 Å². The van der Waals surface area contributed by atoms with Crippen LogP contribution in [0.25, 0.3) is 22.3 Å². The van der Waals surface area contributed by atoms with Gasteiger partial charge in [0.1, 0.15) is 12.4 Å². The molecule has 4 heterocycles. The van der Waals surface area contributed by atoms with E-state index in [1.807, 2.05) is 20.8 Å². The molecule has 4 N–H and O–H groups in total. The number of hydrogen-bond acceptors (Lipinski definition) is 10. The summed E-state index contributed by atoms with van der Waals surface area (Å²) in [6, 6.07) is 5.80. The highest BCUT2D eigenvalue weighted by molar-refractivity contribution is 5.93. The van der Waals surface area contributed by atoms with Crippen LogP contribution >= 0.6 is 0 Å². The van der Waals surface area contributed by atoms with Crippen molar-refractivity contribution in [1.82, 2.24) is 14.9 Å². The number of benzene rings is 1. The Balaban J connectivity index is 1.31. The van der Waals surface area contributed by atoms with Crippen molar-refractivity contribution in [2.75, 3.05) is 0 Å². The van der Waals surface area contributed by atoms with E-state index in [0.717, 1.165) is 16.5 Å². The van der Waals surface area contributed by atoms with Gasteiger partial charge in [-0.05, 0) is 61.4 Å². The van der Waals surface area contributed by atoms with Crippen molar-refractivity contribution in [3.8, 4) is 17.1 Å². The third kappa shape index (κ3) is 6.98. The molecule has 13 nitrogen and oxygen atoms in total. The number of nitrogens with one attached hydrogen (secondary N) is 1. The Morgan fingerprint density at radius 2 is 1.86 bits per heavy atom. The number of fused-ring (bicyclic) bond motifs is 5. The summed E-state index contributed by atoms with van der Waals surface area (Å²) >= 11 is 0. The Morgan fingerprint density at radius 3 is 2.53 bits per heavy atom. The number of primary amides is 1. The number of ether oxygens (including phenoxy) is 2. The van der Waals surface area contributed by atoms with Crippen LogP contribution in [0.2, 0.25) is 0 Å². The quantitative estimate of drug-likeness (QED) is 0.132. The number of hydrogen-bond donors (Lipinski definition) is 3. The summed E-state index contributed by atoms with van der Waals surface area (Å²) in [5, 5.41) is 14.5. The standard InChI is InChI=1S/C36H42N4O9/c1-5-8-31(43)38-27(16-30(37)42)29(41)13-19(4)9-12-32(44)49-20-10-11-26-22(14-20)21(6-2)23-17-40-28(33(23)39-26)15-25-24(34(40)45)18-48-35(46)36(25,47)7-3/h10-11,14-15,19,27,47H,5-9,12-13,16-18H2,1-4H3,(H2,37,42)(H,38,43)/t19-,27+,36-/m0/s1. The van der Waals surface area contributed by atoms with Crippen molar-refractivity contribution >= 4 is 40.4 Å². The minimum absolute atomic E-state index is 0.0391. The number of carbonyl (C=O) groups excluding carboxylic acids is 5. The molecule has 0 saturated carbocycles. The molecule has 0 saturated heterocycles. The number of amides is 2. The molecule has 3 atom stereocenters. The molecule has 0 aliphatic carbocycles. The molecule has 0 radical (unpaired) electrons. The lowest BCUT2D eigenvalue weighted by Crippen LogP contribution is -2.44. The summed E-state index contributed by atoms with van der Waals surface area (Å²) in [7, 11) is 0. The molecular weight excluding hydrogens is 632 g/mol. The molecule has 49 heavy (non-hydrogen) atoms. The van der Waals surface area contributed by atoms with Gasteiger partial charge in [0, 0.05) is 35.8 Å². The first kappa shape index (κ1) is 35.4. The predicted molar refractivity (Wildman–Crippen MR) is 178 cm³/mol. The number of carbonyl (C=O) groups is 5. The van der Waals surface area contributed by atoms with Gasteiger partial charge in [0.15, 0.2) is 11.4 Å². The maximum absolute atomic E-state index is 13.6. The van der Waals surface area contributed by atoms with Crippen LogP contribution < -0.4 is 21.3 Å². The molecule has 2 aromatic heterocycles. The van der Waals surface area contributed by atoms with Crippen LogP contribution in [0.5, 0.6) is 5.75 Å². The summed E-state index contributed by atoms with van der Waals surface area (Å²) in [6.07, 6.45) is 1.64. The van der Waals surface area contributed by atoms with E-state index in [0.29, 0.717) is 41.9 Å². The lowest BCUT2D eigenvalue weighted by Gasteiger charge is -2.31. The first-order chi connectivity index (χ1) is 23.3. The highest BCUT2D eigenvalue weighted by Crippen LogP contribution is 2.40. The van der Waals surface area contributed by atoms with Crippen LogP contribution in [0, 0.1) is 5.92 Å². The topological polar surface area (TPSA) is 197 Å². The molecule has 0 spiro atoms. The second-order valence-electron chi connectivity index (χ2n) is 12.9. The van der Waals surface area contributed by atoms with Gasteiger partial charge in [-0.15, -0.1) is 0 Å². The molecule has 1 aromatic carbocycles. The average Bonchev–Trinajstić information content (AvgIpc) is 3.42. The summed E-state index contributed by atoms with van der Waals surface area (Å²) < 4.78 is 12.4. The molecule has 3 aromatic rings. The molecule has 5 rings (SSSR count). The van der Waals surface area contributed by atoms with Crippen LogP contribution in [-0.2, 0) is 53.9 Å². The predicted octanol–water partition coefficient (Wildman–Crippen LogP) is 3.08. The van der Waals surface area contributed by atoms with Crippen molar-refractivity contribution in [3.05, 3.63) is 56.9 Å². The van der Waals surface area contributed by atoms with Crippen LogP contribution in [-0.4, -0.2) is 50.2 Å². The molecule has 0 unspecified atom stereocenters. The highest BCUT2D eigenvalue weighted by Gasteiger charge is 2.45. The Morgan fingerprint density at radius 1 is 1.10 bits per heavy atom. The Labute approximate surface area is 283 Å². The lowest BCUT2D eigenvalue weighted by atomic mass is 9.86. The molecule has 260 valence electrons. The highest BCUT2D eigenvalue weighted by atomic mass is 16.6. The molecule has 2 aliphatic heterocycles. The first-order valence-corrected chi connectivity index (χ1v) is 16.7. The Bertz CT molecular complexity index is 1920. The fourth-order valence-electron chi connectivity index (χ4n) is 6.68. The van der Waals surface area contributed by atoms with Crippen LogP contribution in [0.15, 0.2) is 29.1 Å². The number of cyclic esters (lactones) is 1. The largest absolute Gasteiger partial charge is 0.458 e. The number of pyridine rings is 2. The smallest absolute Gasteiger partial charge is 0.343 e. The van der Waals surface area contributed by atoms with E-state index in [-0.39, 0.29) is 79.6 Å². The maximum atomic E-state index is 13.6. The van der Waals surface area contributed by atoms with Gasteiger partial charge in [-0.3, -0.25) is 24.0 Å². The molecule has 0 bridgehead atoms. The van der Waals surface area contributed by atoms with E-state index >= 15 is 0 Å². The lowest BCUT2D eigenvalue weighted by molar-refractivity contribution is -0.172. The number of aromatic nitrogens is 2. The van der Waals surface area contributed by atoms with E-state index in [4.69, 9.17) is 20.2 Å². The SMILES string of the molecule is CCCC(=O)N[C@H](CC(N)=O)C(=O)C[C@@H](C)CCC(=O)Oc1ccc2nc3c(c(CC)c2c1)Cn1c-3cc2c(c1=O)COC(=O)[C@]2(O)CC. The number of ketones is 1. The second kappa shape index (κ2) is 14.3. The third-order valence-electron chi connectivity index (χ3n) is 9.36. The Hall–Kier alpha value is -4.91. The first-order valence-electron chi connectivity index (χ1n) is 16.7. The van der Waals surface area contributed by atoms with Crippen LogP contribution in [0.4, 0.5) is 0 Å². The maximum Gasteiger partial charge on any atom is 0.343 e. The molecular formula is C36H42N4O9. The van der Waals surface area contributed by atoms with Crippen molar-refractivity contribution < 1.29 is 38.6 Å². The number of Topliss-reactive ketones (excluding diaryl/α,β-unsaturated/α-hetero) is 1. The van der Waals surface area contributed by atoms with Crippen LogP contribution in [0.1, 0.15) is 94.9 Å². The van der Waals surface area contributed by atoms with Gasteiger partial charge in [-0.2, -0.15) is 0 Å². The molecule has 13 heteroatoms. The molecule has 2 aliphatic rings. The number of rotatable bonds is 14. The minimum atomic E-state index is -1.92. The number of nitrogens with two attached hydrogens (primary N) is 1. The third-order valence-corrected chi connectivity index (χ3v) is 9.36. The monoisotopic (exact) mass is 674 g/mol.